The average Bonchev–Trinajstić information content (AvgIpc) is 2.62. The molecule has 2 rings (SSSR count). The maximum Gasteiger partial charge on any atom is 0.321 e. The first-order chi connectivity index (χ1) is 12.0. The summed E-state index contributed by atoms with van der Waals surface area (Å²) < 4.78 is 0. The van der Waals surface area contributed by atoms with Crippen LogP contribution in [0, 0.1) is 5.92 Å². The van der Waals surface area contributed by atoms with Crippen LogP contribution in [0.25, 0.3) is 0 Å². The molecule has 1 saturated heterocycles. The van der Waals surface area contributed by atoms with Crippen molar-refractivity contribution >= 4 is 29.2 Å². The van der Waals surface area contributed by atoms with Crippen LogP contribution >= 0.6 is 11.6 Å². The zero-order chi connectivity index (χ0) is 18.2. The minimum absolute atomic E-state index is 0.0870. The van der Waals surface area contributed by atoms with Crippen LogP contribution in [0.1, 0.15) is 46.0 Å². The second-order valence-corrected chi connectivity index (χ2v) is 7.24. The zero-order valence-electron chi connectivity index (χ0n) is 15.1. The number of benzene rings is 1. The molecule has 2 unspecified atom stereocenters. The lowest BCUT2D eigenvalue weighted by atomic mass is 9.93. The van der Waals surface area contributed by atoms with Crippen LogP contribution in [-0.2, 0) is 4.79 Å². The Labute approximate surface area is 155 Å². The molecule has 0 radical (unpaired) electrons. The highest BCUT2D eigenvalue weighted by Gasteiger charge is 2.24. The van der Waals surface area contributed by atoms with Crippen LogP contribution in [0.15, 0.2) is 24.3 Å². The largest absolute Gasteiger partial charge is 0.354 e. The molecule has 5 nitrogen and oxygen atoms in total. The van der Waals surface area contributed by atoms with E-state index < -0.39 is 0 Å². The van der Waals surface area contributed by atoms with E-state index in [0.717, 1.165) is 37.9 Å². The number of amides is 3. The minimum Gasteiger partial charge on any atom is -0.354 e. The highest BCUT2D eigenvalue weighted by molar-refractivity contribution is 6.30. The van der Waals surface area contributed by atoms with Gasteiger partial charge in [0.25, 0.3) is 0 Å². The Morgan fingerprint density at radius 2 is 2.04 bits per heavy atom. The van der Waals surface area contributed by atoms with Gasteiger partial charge in [0.15, 0.2) is 0 Å². The maximum atomic E-state index is 12.4. The summed E-state index contributed by atoms with van der Waals surface area (Å²) in [6, 6.07) is 7.23. The van der Waals surface area contributed by atoms with Gasteiger partial charge in [0, 0.05) is 36.3 Å². The van der Waals surface area contributed by atoms with Gasteiger partial charge in [0.1, 0.15) is 0 Å². The van der Waals surface area contributed by atoms with Gasteiger partial charge in [-0.1, -0.05) is 18.5 Å². The Morgan fingerprint density at radius 3 is 2.72 bits per heavy atom. The lowest BCUT2D eigenvalue weighted by molar-refractivity contribution is -0.122. The number of carbonyl (C=O) groups is 2. The summed E-state index contributed by atoms with van der Waals surface area (Å²) in [5, 5.41) is 6.55. The standard InChI is InChI=1S/C19H28ClN3O2/c1-3-14(2)21-18(24)11-6-15-5-4-12-23(13-15)19(25)22-17-9-7-16(20)8-10-17/h7-10,14-15H,3-6,11-13H2,1-2H3,(H,21,24)(H,22,25). The highest BCUT2D eigenvalue weighted by atomic mass is 35.5. The fourth-order valence-corrected chi connectivity index (χ4v) is 3.13. The Kier molecular flexibility index (Phi) is 7.56. The number of piperidine rings is 1. The van der Waals surface area contributed by atoms with Gasteiger partial charge in [-0.3, -0.25) is 4.79 Å². The lowest BCUT2D eigenvalue weighted by Gasteiger charge is -2.32. The fourth-order valence-electron chi connectivity index (χ4n) is 3.01. The predicted molar refractivity (Wildman–Crippen MR) is 102 cm³/mol. The van der Waals surface area contributed by atoms with Crippen molar-refractivity contribution in [2.75, 3.05) is 18.4 Å². The van der Waals surface area contributed by atoms with Crippen molar-refractivity contribution in [3.63, 3.8) is 0 Å². The number of likely N-dealkylation sites (tertiary alicyclic amines) is 1. The first-order valence-electron chi connectivity index (χ1n) is 9.08. The molecule has 138 valence electrons. The summed E-state index contributed by atoms with van der Waals surface area (Å²) in [5.41, 5.74) is 0.740. The quantitative estimate of drug-likeness (QED) is 0.790. The van der Waals surface area contributed by atoms with Crippen LogP contribution in [0.4, 0.5) is 10.5 Å². The number of nitrogens with zero attached hydrogens (tertiary/aromatic N) is 1. The van der Waals surface area contributed by atoms with Crippen LogP contribution in [-0.4, -0.2) is 36.0 Å². The summed E-state index contributed by atoms with van der Waals surface area (Å²) in [6.45, 7) is 5.54. The van der Waals surface area contributed by atoms with Gasteiger partial charge in [-0.25, -0.2) is 4.79 Å². The van der Waals surface area contributed by atoms with Gasteiger partial charge in [-0.15, -0.1) is 0 Å². The van der Waals surface area contributed by atoms with Crippen LogP contribution in [0.2, 0.25) is 5.02 Å². The molecule has 1 heterocycles. The van der Waals surface area contributed by atoms with Crippen molar-refractivity contribution in [3.8, 4) is 0 Å². The number of hydrogen-bond donors (Lipinski definition) is 2. The maximum absolute atomic E-state index is 12.4. The van der Waals surface area contributed by atoms with Crippen molar-refractivity contribution < 1.29 is 9.59 Å². The van der Waals surface area contributed by atoms with E-state index in [1.165, 1.54) is 0 Å². The summed E-state index contributed by atoms with van der Waals surface area (Å²) in [4.78, 5) is 26.2. The van der Waals surface area contributed by atoms with E-state index in [4.69, 9.17) is 11.6 Å². The van der Waals surface area contributed by atoms with Gasteiger partial charge in [-0.2, -0.15) is 0 Å². The molecule has 25 heavy (non-hydrogen) atoms. The third kappa shape index (κ3) is 6.58. The molecule has 1 aromatic rings. The molecule has 0 spiro atoms. The van der Waals surface area contributed by atoms with Crippen LogP contribution in [0.3, 0.4) is 0 Å². The van der Waals surface area contributed by atoms with Crippen molar-refractivity contribution in [2.24, 2.45) is 5.92 Å². The van der Waals surface area contributed by atoms with Crippen molar-refractivity contribution in [1.29, 1.82) is 0 Å². The summed E-state index contributed by atoms with van der Waals surface area (Å²) in [7, 11) is 0. The molecule has 1 aliphatic rings. The van der Waals surface area contributed by atoms with E-state index in [-0.39, 0.29) is 18.0 Å². The lowest BCUT2D eigenvalue weighted by Crippen LogP contribution is -2.42. The third-order valence-electron chi connectivity index (χ3n) is 4.70. The number of urea groups is 1. The molecule has 6 heteroatoms. The molecule has 3 amide bonds. The molecule has 1 aromatic carbocycles. The number of carbonyl (C=O) groups excluding carboxylic acids is 2. The SMILES string of the molecule is CCC(C)NC(=O)CCC1CCCN(C(=O)Nc2ccc(Cl)cc2)C1. The summed E-state index contributed by atoms with van der Waals surface area (Å²) >= 11 is 5.86. The van der Waals surface area contributed by atoms with E-state index >= 15 is 0 Å². The first-order valence-corrected chi connectivity index (χ1v) is 9.46. The topological polar surface area (TPSA) is 61.4 Å². The number of anilines is 1. The first kappa shape index (κ1) is 19.6. The van der Waals surface area contributed by atoms with E-state index in [0.29, 0.717) is 23.9 Å². The van der Waals surface area contributed by atoms with E-state index in [2.05, 4.69) is 17.6 Å². The Balaban J connectivity index is 1.78. The summed E-state index contributed by atoms with van der Waals surface area (Å²) in [5.74, 6) is 0.490. The zero-order valence-corrected chi connectivity index (χ0v) is 15.8. The molecular formula is C19H28ClN3O2. The number of hydrogen-bond acceptors (Lipinski definition) is 2. The normalized spacial score (nSPS) is 18.5. The van der Waals surface area contributed by atoms with Crippen molar-refractivity contribution in [2.45, 2.75) is 52.0 Å². The minimum atomic E-state index is -0.0870. The van der Waals surface area contributed by atoms with Gasteiger partial charge in [-0.05, 0) is 62.8 Å². The van der Waals surface area contributed by atoms with Gasteiger partial charge in [0.05, 0.1) is 0 Å². The van der Waals surface area contributed by atoms with Gasteiger partial charge < -0.3 is 15.5 Å². The average molecular weight is 366 g/mol. The Bertz CT molecular complexity index is 577. The van der Waals surface area contributed by atoms with E-state index in [9.17, 15) is 9.59 Å². The highest BCUT2D eigenvalue weighted by Crippen LogP contribution is 2.22. The summed E-state index contributed by atoms with van der Waals surface area (Å²) in [6.07, 6.45) is 4.34. The van der Waals surface area contributed by atoms with E-state index in [1.54, 1.807) is 24.3 Å². The second kappa shape index (κ2) is 9.66. The number of rotatable bonds is 6. The van der Waals surface area contributed by atoms with Gasteiger partial charge in [0.2, 0.25) is 5.91 Å². The molecule has 2 N–H and O–H groups in total. The predicted octanol–water partition coefficient (Wildman–Crippen LogP) is 4.28. The Morgan fingerprint density at radius 1 is 1.32 bits per heavy atom. The third-order valence-corrected chi connectivity index (χ3v) is 4.95. The molecule has 1 aliphatic heterocycles. The van der Waals surface area contributed by atoms with Crippen LogP contribution < -0.4 is 10.6 Å². The fraction of sp³-hybridized carbons (Fsp3) is 0.579. The molecular weight excluding hydrogens is 338 g/mol. The molecule has 0 aromatic heterocycles. The Hall–Kier alpha value is -1.75. The molecule has 0 aliphatic carbocycles. The second-order valence-electron chi connectivity index (χ2n) is 6.81. The van der Waals surface area contributed by atoms with E-state index in [1.807, 2.05) is 11.8 Å². The molecule has 0 saturated carbocycles. The molecule has 2 atom stereocenters. The van der Waals surface area contributed by atoms with Gasteiger partial charge >= 0.3 is 6.03 Å². The van der Waals surface area contributed by atoms with Crippen molar-refractivity contribution in [3.05, 3.63) is 29.3 Å². The molecule has 1 fully saturated rings. The number of halogens is 1. The smallest absolute Gasteiger partial charge is 0.321 e. The monoisotopic (exact) mass is 365 g/mol. The van der Waals surface area contributed by atoms with Crippen molar-refractivity contribution in [1.82, 2.24) is 10.2 Å². The van der Waals surface area contributed by atoms with Crippen LogP contribution in [0.5, 0.6) is 0 Å². The number of nitrogens with one attached hydrogen (secondary N) is 2. The molecule has 0 bridgehead atoms.